The molecule has 5 heteroatoms. The molecule has 0 bridgehead atoms. The van der Waals surface area contributed by atoms with Crippen molar-refractivity contribution >= 4 is 11.6 Å². The van der Waals surface area contributed by atoms with Gasteiger partial charge in [0.25, 0.3) is 5.92 Å². The Hall–Kier alpha value is -0.870. The van der Waals surface area contributed by atoms with Crippen molar-refractivity contribution in [2.75, 3.05) is 6.54 Å². The number of halogens is 3. The Balaban J connectivity index is 3.28. The highest BCUT2D eigenvalue weighted by molar-refractivity contribution is 6.31. The zero-order valence-corrected chi connectivity index (χ0v) is 7.35. The van der Waals surface area contributed by atoms with E-state index >= 15 is 0 Å². The minimum atomic E-state index is -3.29. The van der Waals surface area contributed by atoms with Gasteiger partial charge < -0.3 is 10.8 Å². The van der Waals surface area contributed by atoms with Crippen LogP contribution in [0.5, 0.6) is 5.75 Å². The highest BCUT2D eigenvalue weighted by Gasteiger charge is 2.34. The van der Waals surface area contributed by atoms with Crippen LogP contribution in [0.4, 0.5) is 8.78 Å². The fraction of sp³-hybridized carbons (Fsp3) is 0.250. The van der Waals surface area contributed by atoms with E-state index in [9.17, 15) is 8.78 Å². The standard InChI is InChI=1S/C8H8ClF2NO/c9-5-2-1-3-6(13)7(5)8(10,11)4-12/h1-3,13H,4,12H2. The van der Waals surface area contributed by atoms with E-state index in [1.54, 1.807) is 0 Å². The summed E-state index contributed by atoms with van der Waals surface area (Å²) in [5.74, 6) is -3.83. The lowest BCUT2D eigenvalue weighted by atomic mass is 10.1. The Kier molecular flexibility index (Phi) is 2.73. The molecule has 0 aliphatic rings. The minimum Gasteiger partial charge on any atom is -0.507 e. The van der Waals surface area contributed by atoms with Gasteiger partial charge in [-0.25, -0.2) is 0 Å². The lowest BCUT2D eigenvalue weighted by molar-refractivity contribution is 0.00389. The van der Waals surface area contributed by atoms with Gasteiger partial charge in [0, 0.05) is 0 Å². The Morgan fingerprint density at radius 2 is 2.08 bits per heavy atom. The molecule has 0 unspecified atom stereocenters. The maximum Gasteiger partial charge on any atom is 0.290 e. The van der Waals surface area contributed by atoms with Crippen molar-refractivity contribution in [2.45, 2.75) is 5.92 Å². The lowest BCUT2D eigenvalue weighted by Gasteiger charge is -2.16. The van der Waals surface area contributed by atoms with Crippen LogP contribution in [0.3, 0.4) is 0 Å². The lowest BCUT2D eigenvalue weighted by Crippen LogP contribution is -2.25. The molecular formula is C8H8ClF2NO. The number of hydrogen-bond donors (Lipinski definition) is 2. The number of aromatic hydroxyl groups is 1. The van der Waals surface area contributed by atoms with Gasteiger partial charge in [0.05, 0.1) is 17.1 Å². The summed E-state index contributed by atoms with van der Waals surface area (Å²) >= 11 is 5.50. The fourth-order valence-corrected chi connectivity index (χ4v) is 1.28. The molecule has 2 nitrogen and oxygen atoms in total. The van der Waals surface area contributed by atoms with Crippen molar-refractivity contribution in [1.82, 2.24) is 0 Å². The average Bonchev–Trinajstić information content (AvgIpc) is 2.03. The summed E-state index contributed by atoms with van der Waals surface area (Å²) in [6.45, 7) is -0.885. The van der Waals surface area contributed by atoms with Gasteiger partial charge in [-0.15, -0.1) is 0 Å². The Morgan fingerprint density at radius 3 is 2.54 bits per heavy atom. The van der Waals surface area contributed by atoms with E-state index in [0.29, 0.717) is 0 Å². The van der Waals surface area contributed by atoms with Crippen LogP contribution in [0.1, 0.15) is 5.56 Å². The zero-order valence-electron chi connectivity index (χ0n) is 6.60. The summed E-state index contributed by atoms with van der Waals surface area (Å²) in [5.41, 5.74) is 4.24. The van der Waals surface area contributed by atoms with E-state index in [2.05, 4.69) is 0 Å². The second-order valence-electron chi connectivity index (χ2n) is 2.54. The molecule has 0 heterocycles. The molecule has 72 valence electrons. The molecule has 3 N–H and O–H groups in total. The molecule has 0 fully saturated rings. The maximum atomic E-state index is 13.0. The third-order valence-electron chi connectivity index (χ3n) is 1.61. The minimum absolute atomic E-state index is 0.185. The van der Waals surface area contributed by atoms with Crippen molar-refractivity contribution in [1.29, 1.82) is 0 Å². The molecule has 0 atom stereocenters. The van der Waals surface area contributed by atoms with Crippen LogP contribution in [0, 0.1) is 0 Å². The molecule has 0 aliphatic heterocycles. The van der Waals surface area contributed by atoms with Crippen LogP contribution >= 0.6 is 11.6 Å². The summed E-state index contributed by atoms with van der Waals surface area (Å²) in [5, 5.41) is 8.95. The predicted octanol–water partition coefficient (Wildman–Crippen LogP) is 2.10. The molecule has 0 saturated heterocycles. The summed E-state index contributed by atoms with van der Waals surface area (Å²) < 4.78 is 26.1. The van der Waals surface area contributed by atoms with Crippen molar-refractivity contribution in [3.05, 3.63) is 28.8 Å². The van der Waals surface area contributed by atoms with Gasteiger partial charge in [0.2, 0.25) is 0 Å². The molecule has 0 amide bonds. The molecule has 1 rings (SSSR count). The number of rotatable bonds is 2. The smallest absolute Gasteiger partial charge is 0.290 e. The van der Waals surface area contributed by atoms with E-state index in [1.807, 2.05) is 0 Å². The van der Waals surface area contributed by atoms with Crippen LogP contribution in [0.2, 0.25) is 5.02 Å². The van der Waals surface area contributed by atoms with Crippen molar-refractivity contribution in [2.24, 2.45) is 5.73 Å². The third kappa shape index (κ3) is 1.89. The monoisotopic (exact) mass is 207 g/mol. The van der Waals surface area contributed by atoms with Gasteiger partial charge in [-0.3, -0.25) is 0 Å². The second kappa shape index (κ2) is 3.47. The largest absolute Gasteiger partial charge is 0.507 e. The highest BCUT2D eigenvalue weighted by atomic mass is 35.5. The third-order valence-corrected chi connectivity index (χ3v) is 1.93. The number of nitrogens with two attached hydrogens (primary N) is 1. The van der Waals surface area contributed by atoms with Gasteiger partial charge in [-0.05, 0) is 12.1 Å². The fourth-order valence-electron chi connectivity index (χ4n) is 0.977. The normalized spacial score (nSPS) is 11.7. The summed E-state index contributed by atoms with van der Waals surface area (Å²) in [4.78, 5) is 0. The molecule has 13 heavy (non-hydrogen) atoms. The van der Waals surface area contributed by atoms with Crippen LogP contribution in [-0.4, -0.2) is 11.7 Å². The van der Waals surface area contributed by atoms with E-state index in [4.69, 9.17) is 22.4 Å². The van der Waals surface area contributed by atoms with Crippen LogP contribution in [-0.2, 0) is 5.92 Å². The second-order valence-corrected chi connectivity index (χ2v) is 2.95. The van der Waals surface area contributed by atoms with Crippen molar-refractivity contribution in [3.8, 4) is 5.75 Å². The Labute approximate surface area is 78.9 Å². The van der Waals surface area contributed by atoms with E-state index in [1.165, 1.54) is 12.1 Å². The Morgan fingerprint density at radius 1 is 1.46 bits per heavy atom. The Bertz CT molecular complexity index is 297. The molecule has 0 aromatic heterocycles. The first-order chi connectivity index (χ1) is 5.99. The first-order valence-corrected chi connectivity index (χ1v) is 3.92. The number of benzene rings is 1. The van der Waals surface area contributed by atoms with Crippen LogP contribution in [0.15, 0.2) is 18.2 Å². The maximum absolute atomic E-state index is 13.0. The molecule has 1 aromatic rings. The van der Waals surface area contributed by atoms with Gasteiger partial charge in [0.15, 0.2) is 0 Å². The van der Waals surface area contributed by atoms with Crippen molar-refractivity contribution in [3.63, 3.8) is 0 Å². The topological polar surface area (TPSA) is 46.2 Å². The number of alkyl halides is 2. The van der Waals surface area contributed by atoms with Gasteiger partial charge in [-0.2, -0.15) is 8.78 Å². The van der Waals surface area contributed by atoms with Gasteiger partial charge in [-0.1, -0.05) is 17.7 Å². The SMILES string of the molecule is NCC(F)(F)c1c(O)cccc1Cl. The molecule has 0 spiro atoms. The zero-order chi connectivity index (χ0) is 10.1. The number of phenolic OH excluding ortho intramolecular Hbond substituents is 1. The number of hydrogen-bond acceptors (Lipinski definition) is 2. The first kappa shape index (κ1) is 10.2. The van der Waals surface area contributed by atoms with Crippen LogP contribution < -0.4 is 5.73 Å². The highest BCUT2D eigenvalue weighted by Crippen LogP contribution is 2.38. The molecule has 0 radical (unpaired) electrons. The van der Waals surface area contributed by atoms with E-state index in [-0.39, 0.29) is 5.02 Å². The molecule has 1 aromatic carbocycles. The van der Waals surface area contributed by atoms with Gasteiger partial charge >= 0.3 is 0 Å². The molecule has 0 aliphatic carbocycles. The molecular weight excluding hydrogens is 200 g/mol. The summed E-state index contributed by atoms with van der Waals surface area (Å²) in [6.07, 6.45) is 0. The first-order valence-electron chi connectivity index (χ1n) is 3.55. The van der Waals surface area contributed by atoms with Crippen molar-refractivity contribution < 1.29 is 13.9 Å². The predicted molar refractivity (Wildman–Crippen MR) is 46.1 cm³/mol. The van der Waals surface area contributed by atoms with E-state index in [0.717, 1.165) is 6.07 Å². The van der Waals surface area contributed by atoms with Gasteiger partial charge in [0.1, 0.15) is 5.75 Å². The van der Waals surface area contributed by atoms with E-state index < -0.39 is 23.8 Å². The van der Waals surface area contributed by atoms with Crippen LogP contribution in [0.25, 0.3) is 0 Å². The summed E-state index contributed by atoms with van der Waals surface area (Å²) in [6, 6.07) is 3.80. The molecule has 0 saturated carbocycles. The quantitative estimate of drug-likeness (QED) is 0.780. The average molecular weight is 208 g/mol. The number of phenols is 1. The summed E-state index contributed by atoms with van der Waals surface area (Å²) in [7, 11) is 0.